The molecule has 5 nitrogen and oxygen atoms in total. The molecule has 0 aromatic carbocycles. The van der Waals surface area contributed by atoms with Gasteiger partial charge in [-0.25, -0.2) is 0 Å². The minimum Gasteiger partial charge on any atom is -0.474 e. The first-order valence-electron chi connectivity index (χ1n) is 7.19. The number of ether oxygens (including phenoxy) is 1. The van der Waals surface area contributed by atoms with Crippen LogP contribution in [0.1, 0.15) is 26.7 Å². The molecule has 2 aliphatic heterocycles. The molecule has 0 saturated carbocycles. The Morgan fingerprint density at radius 3 is 3.05 bits per heavy atom. The van der Waals surface area contributed by atoms with E-state index in [0.29, 0.717) is 11.9 Å². The van der Waals surface area contributed by atoms with E-state index in [1.807, 2.05) is 20.0 Å². The van der Waals surface area contributed by atoms with E-state index >= 15 is 0 Å². The van der Waals surface area contributed by atoms with Crippen molar-refractivity contribution in [2.45, 2.75) is 38.8 Å². The van der Waals surface area contributed by atoms with Gasteiger partial charge in [-0.1, -0.05) is 0 Å². The Morgan fingerprint density at radius 2 is 2.26 bits per heavy atom. The first-order valence-corrected chi connectivity index (χ1v) is 7.19. The van der Waals surface area contributed by atoms with Crippen molar-refractivity contribution in [3.63, 3.8) is 0 Å². The van der Waals surface area contributed by atoms with Crippen molar-refractivity contribution in [2.75, 3.05) is 24.5 Å². The minimum atomic E-state index is 0.132. The van der Waals surface area contributed by atoms with Crippen LogP contribution in [0.3, 0.4) is 0 Å². The second-order valence-corrected chi connectivity index (χ2v) is 5.75. The number of nitrogens with zero attached hydrogens (tertiary/aromatic N) is 3. The van der Waals surface area contributed by atoms with E-state index in [0.717, 1.165) is 31.4 Å². The van der Waals surface area contributed by atoms with Gasteiger partial charge in [0.05, 0.1) is 18.5 Å². The van der Waals surface area contributed by atoms with Crippen molar-refractivity contribution in [1.82, 2.24) is 15.3 Å². The van der Waals surface area contributed by atoms with E-state index in [4.69, 9.17) is 4.74 Å². The summed E-state index contributed by atoms with van der Waals surface area (Å²) in [5, 5.41) is 3.61. The average molecular weight is 262 g/mol. The molecule has 0 bridgehead atoms. The van der Waals surface area contributed by atoms with Gasteiger partial charge in [-0.15, -0.1) is 0 Å². The van der Waals surface area contributed by atoms with Crippen molar-refractivity contribution in [3.8, 4) is 5.88 Å². The van der Waals surface area contributed by atoms with E-state index in [1.165, 1.54) is 12.8 Å². The lowest BCUT2D eigenvalue weighted by Crippen LogP contribution is -2.40. The van der Waals surface area contributed by atoms with Gasteiger partial charge in [-0.2, -0.15) is 4.98 Å². The number of nitrogens with one attached hydrogen (secondary N) is 1. The zero-order valence-corrected chi connectivity index (χ0v) is 11.7. The predicted molar refractivity (Wildman–Crippen MR) is 74.5 cm³/mol. The first-order chi connectivity index (χ1) is 9.22. The lowest BCUT2D eigenvalue weighted by molar-refractivity contribution is 0.231. The molecule has 3 heterocycles. The van der Waals surface area contributed by atoms with E-state index < -0.39 is 0 Å². The number of aromatic nitrogens is 2. The van der Waals surface area contributed by atoms with Crippen LogP contribution in [0, 0.1) is 5.92 Å². The van der Waals surface area contributed by atoms with Gasteiger partial charge >= 0.3 is 0 Å². The SMILES string of the molecule is CC(C)Oc1cncc(N2C[C@@H]3CCCN[C@@H]3C2)n1. The molecule has 5 heteroatoms. The molecule has 1 N–H and O–H groups in total. The molecule has 2 fully saturated rings. The number of anilines is 1. The topological polar surface area (TPSA) is 50.3 Å². The second-order valence-electron chi connectivity index (χ2n) is 5.75. The lowest BCUT2D eigenvalue weighted by atomic mass is 9.94. The summed E-state index contributed by atoms with van der Waals surface area (Å²) in [5.41, 5.74) is 0. The average Bonchev–Trinajstić information content (AvgIpc) is 2.82. The van der Waals surface area contributed by atoms with E-state index in [9.17, 15) is 0 Å². The number of rotatable bonds is 3. The standard InChI is InChI=1S/C14H22N4O/c1-10(2)19-14-7-15-6-13(17-14)18-8-11-4-3-5-16-12(11)9-18/h6-7,10-12,16H,3-5,8-9H2,1-2H3/t11-,12+/m0/s1. The molecule has 0 spiro atoms. The molecular weight excluding hydrogens is 240 g/mol. The Morgan fingerprint density at radius 1 is 1.37 bits per heavy atom. The van der Waals surface area contributed by atoms with Crippen molar-refractivity contribution < 1.29 is 4.74 Å². The zero-order valence-electron chi connectivity index (χ0n) is 11.7. The molecule has 1 aromatic heterocycles. The van der Waals surface area contributed by atoms with Gasteiger partial charge in [0.1, 0.15) is 0 Å². The molecule has 2 aliphatic rings. The Balaban J connectivity index is 1.72. The van der Waals surface area contributed by atoms with Crippen molar-refractivity contribution in [2.24, 2.45) is 5.92 Å². The van der Waals surface area contributed by atoms with Crippen LogP contribution in [0.15, 0.2) is 12.4 Å². The molecule has 3 rings (SSSR count). The quantitative estimate of drug-likeness (QED) is 0.893. The normalized spacial score (nSPS) is 26.6. The van der Waals surface area contributed by atoms with Crippen LogP contribution < -0.4 is 15.0 Å². The number of fused-ring (bicyclic) bond motifs is 1. The van der Waals surface area contributed by atoms with E-state index in [1.54, 1.807) is 6.20 Å². The molecule has 1 aromatic rings. The molecule has 0 unspecified atom stereocenters. The monoisotopic (exact) mass is 262 g/mol. The number of hydrogen-bond donors (Lipinski definition) is 1. The van der Waals surface area contributed by atoms with E-state index in [2.05, 4.69) is 20.2 Å². The molecule has 104 valence electrons. The number of piperidine rings is 1. The van der Waals surface area contributed by atoms with Gasteiger partial charge < -0.3 is 15.0 Å². The molecule has 0 radical (unpaired) electrons. The molecule has 19 heavy (non-hydrogen) atoms. The van der Waals surface area contributed by atoms with Crippen LogP contribution in [-0.4, -0.2) is 41.7 Å². The van der Waals surface area contributed by atoms with Crippen LogP contribution in [0.4, 0.5) is 5.82 Å². The highest BCUT2D eigenvalue weighted by Crippen LogP contribution is 2.28. The van der Waals surface area contributed by atoms with Crippen LogP contribution >= 0.6 is 0 Å². The third-order valence-corrected chi connectivity index (χ3v) is 3.88. The summed E-state index contributed by atoms with van der Waals surface area (Å²) in [6.07, 6.45) is 6.27. The fraction of sp³-hybridized carbons (Fsp3) is 0.714. The Bertz CT molecular complexity index is 423. The minimum absolute atomic E-state index is 0.132. The molecular formula is C14H22N4O. The smallest absolute Gasteiger partial charge is 0.234 e. The van der Waals surface area contributed by atoms with Gasteiger partial charge in [0.25, 0.3) is 0 Å². The largest absolute Gasteiger partial charge is 0.474 e. The summed E-state index contributed by atoms with van der Waals surface area (Å²) in [4.78, 5) is 11.1. The van der Waals surface area contributed by atoms with Crippen LogP contribution in [0.5, 0.6) is 5.88 Å². The first kappa shape index (κ1) is 12.7. The van der Waals surface area contributed by atoms with Gasteiger partial charge in [0, 0.05) is 19.1 Å². The lowest BCUT2D eigenvalue weighted by Gasteiger charge is -2.24. The molecule has 0 amide bonds. The van der Waals surface area contributed by atoms with Crippen LogP contribution in [0.25, 0.3) is 0 Å². The third kappa shape index (κ3) is 2.81. The maximum absolute atomic E-state index is 5.62. The van der Waals surface area contributed by atoms with Gasteiger partial charge in [0.2, 0.25) is 5.88 Å². The maximum atomic E-state index is 5.62. The van der Waals surface area contributed by atoms with Gasteiger partial charge in [-0.05, 0) is 39.2 Å². The predicted octanol–water partition coefficient (Wildman–Crippen LogP) is 1.45. The summed E-state index contributed by atoms with van der Waals surface area (Å²) >= 11 is 0. The summed E-state index contributed by atoms with van der Waals surface area (Å²) in [6, 6.07) is 0.616. The molecule has 2 atom stereocenters. The Labute approximate surface area is 114 Å². The Hall–Kier alpha value is -1.36. The summed E-state index contributed by atoms with van der Waals surface area (Å²) in [5.74, 6) is 2.31. The third-order valence-electron chi connectivity index (χ3n) is 3.88. The van der Waals surface area contributed by atoms with Crippen molar-refractivity contribution in [3.05, 3.63) is 12.4 Å². The highest BCUT2D eigenvalue weighted by molar-refractivity contribution is 5.40. The fourth-order valence-electron chi connectivity index (χ4n) is 3.02. The van der Waals surface area contributed by atoms with Crippen LogP contribution in [-0.2, 0) is 0 Å². The van der Waals surface area contributed by atoms with Gasteiger partial charge in [0.15, 0.2) is 5.82 Å². The summed E-state index contributed by atoms with van der Waals surface area (Å²) < 4.78 is 5.62. The summed E-state index contributed by atoms with van der Waals surface area (Å²) in [6.45, 7) is 7.27. The van der Waals surface area contributed by atoms with Crippen LogP contribution in [0.2, 0.25) is 0 Å². The van der Waals surface area contributed by atoms with Gasteiger partial charge in [-0.3, -0.25) is 4.98 Å². The fourth-order valence-corrected chi connectivity index (χ4v) is 3.02. The summed E-state index contributed by atoms with van der Waals surface area (Å²) in [7, 11) is 0. The van der Waals surface area contributed by atoms with E-state index in [-0.39, 0.29) is 6.10 Å². The zero-order chi connectivity index (χ0) is 13.2. The van der Waals surface area contributed by atoms with Crippen molar-refractivity contribution >= 4 is 5.82 Å². The number of hydrogen-bond acceptors (Lipinski definition) is 5. The maximum Gasteiger partial charge on any atom is 0.234 e. The highest BCUT2D eigenvalue weighted by Gasteiger charge is 2.34. The van der Waals surface area contributed by atoms with Crippen molar-refractivity contribution in [1.29, 1.82) is 0 Å². The molecule has 2 saturated heterocycles. The highest BCUT2D eigenvalue weighted by atomic mass is 16.5. The molecule has 0 aliphatic carbocycles. The Kier molecular flexibility index (Phi) is 3.55. The second kappa shape index (κ2) is 5.33.